The van der Waals surface area contributed by atoms with E-state index in [0.717, 1.165) is 69.1 Å². The second-order valence-corrected chi connectivity index (χ2v) is 13.4. The standard InChI is InChI=1S/C36H41FN6O4/c1-40(2)36(14-15-36)34(45)39-28-10-12-29(13-11-28)43-33(44)31-21-27(37)22-38-32(31)42(35(43)46)30-5-3-4-26(20-30)25-8-6-24(7-9-25)23-41-16-18-47-19-17-41/h3-9,20-22,28-29H,10-19,23H2,1-2H3,(H,39,45)/t28-,29+. The number of rotatable bonds is 8. The van der Waals surface area contributed by atoms with Crippen LogP contribution in [0.15, 0.2) is 70.4 Å². The predicted octanol–water partition coefficient (Wildman–Crippen LogP) is 3.88. The van der Waals surface area contributed by atoms with Gasteiger partial charge in [-0.05, 0) is 87.5 Å². The van der Waals surface area contributed by atoms with Gasteiger partial charge in [-0.25, -0.2) is 18.7 Å². The quantitative estimate of drug-likeness (QED) is 0.312. The molecule has 11 heteroatoms. The number of likely N-dealkylation sites (N-methyl/N-ethyl adjacent to an activating group) is 1. The SMILES string of the molecule is CN(C)C1(C(=O)N[C@H]2CC[C@@H](n3c(=O)c4cc(F)cnc4n(-c4cccc(-c5ccc(CN6CCOCC6)cc5)c4)c3=O)CC2)CC1. The third-order valence-electron chi connectivity index (χ3n) is 10.2. The van der Waals surface area contributed by atoms with Crippen molar-refractivity contribution in [3.05, 3.63) is 93.0 Å². The molecule has 3 fully saturated rings. The van der Waals surface area contributed by atoms with Gasteiger partial charge in [0.2, 0.25) is 5.91 Å². The highest BCUT2D eigenvalue weighted by Gasteiger charge is 2.52. The second-order valence-electron chi connectivity index (χ2n) is 13.4. The van der Waals surface area contributed by atoms with Gasteiger partial charge in [-0.1, -0.05) is 36.4 Å². The minimum atomic E-state index is -0.640. The van der Waals surface area contributed by atoms with Crippen LogP contribution in [-0.4, -0.2) is 81.8 Å². The van der Waals surface area contributed by atoms with E-state index in [0.29, 0.717) is 31.4 Å². The lowest BCUT2D eigenvalue weighted by Gasteiger charge is -2.32. The molecule has 4 aromatic rings. The van der Waals surface area contributed by atoms with Crippen LogP contribution in [0, 0.1) is 5.82 Å². The number of carbonyl (C=O) groups excluding carboxylic acids is 1. The number of aromatic nitrogens is 3. The van der Waals surface area contributed by atoms with Crippen LogP contribution in [0.5, 0.6) is 0 Å². The number of halogens is 1. The van der Waals surface area contributed by atoms with Crippen LogP contribution in [-0.2, 0) is 16.1 Å². The van der Waals surface area contributed by atoms with Crippen LogP contribution in [0.25, 0.3) is 27.8 Å². The summed E-state index contributed by atoms with van der Waals surface area (Å²) in [5.74, 6) is -0.595. The highest BCUT2D eigenvalue weighted by Crippen LogP contribution is 2.40. The molecule has 2 aromatic carbocycles. The Balaban J connectivity index is 1.17. The molecule has 0 atom stereocenters. The topological polar surface area (TPSA) is 102 Å². The minimum absolute atomic E-state index is 0.0226. The molecular formula is C36H41FN6O4. The Morgan fingerprint density at radius 2 is 1.72 bits per heavy atom. The molecule has 3 heterocycles. The van der Waals surface area contributed by atoms with Gasteiger partial charge in [0, 0.05) is 31.7 Å². The molecule has 1 saturated heterocycles. The van der Waals surface area contributed by atoms with Crippen molar-refractivity contribution in [3.63, 3.8) is 0 Å². The Morgan fingerprint density at radius 3 is 2.40 bits per heavy atom. The zero-order valence-electron chi connectivity index (χ0n) is 27.0. The monoisotopic (exact) mass is 640 g/mol. The van der Waals surface area contributed by atoms with Gasteiger partial charge < -0.3 is 10.1 Å². The number of amides is 1. The number of carbonyl (C=O) groups is 1. The summed E-state index contributed by atoms with van der Waals surface area (Å²) in [6.07, 6.45) is 5.09. The lowest BCUT2D eigenvalue weighted by molar-refractivity contribution is -0.128. The Kier molecular flexibility index (Phi) is 8.54. The van der Waals surface area contributed by atoms with E-state index in [9.17, 15) is 18.8 Å². The number of pyridine rings is 1. The summed E-state index contributed by atoms with van der Waals surface area (Å²) < 4.78 is 22.6. The molecule has 0 bridgehead atoms. The molecule has 0 spiro atoms. The maximum Gasteiger partial charge on any atom is 0.337 e. The molecule has 1 aliphatic heterocycles. The first-order valence-corrected chi connectivity index (χ1v) is 16.5. The second kappa shape index (κ2) is 12.8. The summed E-state index contributed by atoms with van der Waals surface area (Å²) in [6, 6.07) is 16.7. The lowest BCUT2D eigenvalue weighted by Crippen LogP contribution is -2.50. The van der Waals surface area contributed by atoms with Crippen LogP contribution >= 0.6 is 0 Å². The third kappa shape index (κ3) is 6.15. The van der Waals surface area contributed by atoms with Crippen molar-refractivity contribution < 1.29 is 13.9 Å². The van der Waals surface area contributed by atoms with Gasteiger partial charge in [-0.3, -0.25) is 24.0 Å². The third-order valence-corrected chi connectivity index (χ3v) is 10.2. The number of nitrogens with one attached hydrogen (secondary N) is 1. The molecule has 1 amide bonds. The van der Waals surface area contributed by atoms with E-state index >= 15 is 0 Å². The first-order chi connectivity index (χ1) is 22.7. The van der Waals surface area contributed by atoms with Crippen molar-refractivity contribution in [1.29, 1.82) is 0 Å². The maximum absolute atomic E-state index is 14.5. The van der Waals surface area contributed by atoms with Crippen molar-refractivity contribution in [3.8, 4) is 16.8 Å². The highest BCUT2D eigenvalue weighted by atomic mass is 19.1. The van der Waals surface area contributed by atoms with E-state index in [-0.39, 0.29) is 29.0 Å². The molecule has 47 heavy (non-hydrogen) atoms. The smallest absolute Gasteiger partial charge is 0.337 e. The number of morpholine rings is 1. The van der Waals surface area contributed by atoms with Gasteiger partial charge in [-0.2, -0.15) is 0 Å². The average Bonchev–Trinajstić information content (AvgIpc) is 3.90. The summed E-state index contributed by atoms with van der Waals surface area (Å²) in [5, 5.41) is 3.26. The number of hydrogen-bond donors (Lipinski definition) is 1. The summed E-state index contributed by atoms with van der Waals surface area (Å²) in [5.41, 5.74) is 2.31. The Labute approximate surface area is 272 Å². The van der Waals surface area contributed by atoms with Gasteiger partial charge in [-0.15, -0.1) is 0 Å². The zero-order chi connectivity index (χ0) is 32.7. The normalized spacial score (nSPS) is 21.2. The summed E-state index contributed by atoms with van der Waals surface area (Å²) in [7, 11) is 3.86. The average molecular weight is 641 g/mol. The van der Waals surface area contributed by atoms with Crippen LogP contribution in [0.2, 0.25) is 0 Å². The fourth-order valence-corrected chi connectivity index (χ4v) is 7.18. The molecule has 2 aromatic heterocycles. The molecule has 2 saturated carbocycles. The molecule has 10 nitrogen and oxygen atoms in total. The number of hydrogen-bond acceptors (Lipinski definition) is 7. The van der Waals surface area contributed by atoms with Gasteiger partial charge in [0.1, 0.15) is 5.82 Å². The zero-order valence-corrected chi connectivity index (χ0v) is 27.0. The minimum Gasteiger partial charge on any atom is -0.379 e. The van der Waals surface area contributed by atoms with Crippen molar-refractivity contribution in [2.75, 3.05) is 40.4 Å². The van der Waals surface area contributed by atoms with Crippen LogP contribution in [0.1, 0.15) is 50.1 Å². The van der Waals surface area contributed by atoms with Crippen LogP contribution in [0.3, 0.4) is 0 Å². The maximum atomic E-state index is 14.5. The summed E-state index contributed by atoms with van der Waals surface area (Å²) in [6.45, 7) is 4.21. The van der Waals surface area contributed by atoms with Gasteiger partial charge in [0.15, 0.2) is 5.65 Å². The fourth-order valence-electron chi connectivity index (χ4n) is 7.18. The Hall–Kier alpha value is -4.19. The van der Waals surface area contributed by atoms with E-state index in [4.69, 9.17) is 4.74 Å². The first kappa shape index (κ1) is 31.4. The molecule has 0 radical (unpaired) electrons. The molecule has 1 N–H and O–H groups in total. The van der Waals surface area contributed by atoms with Crippen molar-refractivity contribution in [1.82, 2.24) is 29.2 Å². The molecule has 3 aliphatic rings. The van der Waals surface area contributed by atoms with E-state index in [2.05, 4.69) is 39.5 Å². The Morgan fingerprint density at radius 1 is 1.00 bits per heavy atom. The van der Waals surface area contributed by atoms with Crippen molar-refractivity contribution in [2.45, 2.75) is 62.7 Å². The van der Waals surface area contributed by atoms with Crippen molar-refractivity contribution in [2.24, 2.45) is 0 Å². The largest absolute Gasteiger partial charge is 0.379 e. The molecule has 2 aliphatic carbocycles. The number of nitrogens with zero attached hydrogens (tertiary/aromatic N) is 5. The highest BCUT2D eigenvalue weighted by molar-refractivity contribution is 5.89. The summed E-state index contributed by atoms with van der Waals surface area (Å²) in [4.78, 5) is 49.6. The van der Waals surface area contributed by atoms with Crippen LogP contribution in [0.4, 0.5) is 4.39 Å². The van der Waals surface area contributed by atoms with Gasteiger partial charge >= 0.3 is 5.69 Å². The van der Waals surface area contributed by atoms with E-state index in [1.807, 2.05) is 43.3 Å². The molecule has 0 unspecified atom stereocenters. The van der Waals surface area contributed by atoms with Gasteiger partial charge in [0.25, 0.3) is 5.56 Å². The molecular weight excluding hydrogens is 599 g/mol. The van der Waals surface area contributed by atoms with Crippen molar-refractivity contribution >= 4 is 16.9 Å². The molecule has 246 valence electrons. The summed E-state index contributed by atoms with van der Waals surface area (Å²) >= 11 is 0. The fraction of sp³-hybridized carbons (Fsp3) is 0.444. The lowest BCUT2D eigenvalue weighted by atomic mass is 9.90. The van der Waals surface area contributed by atoms with Gasteiger partial charge in [0.05, 0.1) is 36.0 Å². The first-order valence-electron chi connectivity index (χ1n) is 16.5. The number of fused-ring (bicyclic) bond motifs is 1. The number of benzene rings is 2. The van der Waals surface area contributed by atoms with E-state index in [1.165, 1.54) is 14.7 Å². The van der Waals surface area contributed by atoms with E-state index in [1.54, 1.807) is 0 Å². The van der Waals surface area contributed by atoms with E-state index < -0.39 is 22.6 Å². The number of ether oxygens (including phenoxy) is 1. The molecule has 7 rings (SSSR count). The Bertz CT molecular complexity index is 1900. The predicted molar refractivity (Wildman–Crippen MR) is 178 cm³/mol. The van der Waals surface area contributed by atoms with Crippen LogP contribution < -0.4 is 16.6 Å².